The van der Waals surface area contributed by atoms with Crippen molar-refractivity contribution in [2.45, 2.75) is 78.0 Å². The normalized spacial score (nSPS) is 23.3. The van der Waals surface area contributed by atoms with E-state index >= 15 is 0 Å². The predicted octanol–water partition coefficient (Wildman–Crippen LogP) is 3.88. The highest BCUT2D eigenvalue weighted by molar-refractivity contribution is 7.89. The lowest BCUT2D eigenvalue weighted by molar-refractivity contribution is -0.145. The lowest BCUT2D eigenvalue weighted by atomic mass is 9.70. The van der Waals surface area contributed by atoms with Crippen molar-refractivity contribution in [3.63, 3.8) is 0 Å². The van der Waals surface area contributed by atoms with Gasteiger partial charge in [0.15, 0.2) is 6.10 Å². The maximum absolute atomic E-state index is 13.5. The smallest absolute Gasteiger partial charge is 0.407 e. The number of Topliss-reactive ketones (excluding diaryl/α,β-unsaturated/α-hetero) is 1. The number of rotatable bonds is 14. The first-order valence-electron chi connectivity index (χ1n) is 16.1. The second-order valence-corrected chi connectivity index (χ2v) is 14.9. The number of ether oxygens (including phenoxy) is 3. The fourth-order valence-corrected chi connectivity index (χ4v) is 9.13. The van der Waals surface area contributed by atoms with E-state index < -0.39 is 45.1 Å². The van der Waals surface area contributed by atoms with E-state index in [-0.39, 0.29) is 43.0 Å². The Labute approximate surface area is 275 Å². The van der Waals surface area contributed by atoms with Crippen molar-refractivity contribution in [3.8, 4) is 5.75 Å². The number of anilines is 1. The van der Waals surface area contributed by atoms with Crippen LogP contribution in [0.3, 0.4) is 0 Å². The number of hydrogen-bond acceptors (Lipinski definition) is 9. The number of ketones is 1. The van der Waals surface area contributed by atoms with Gasteiger partial charge in [-0.05, 0) is 73.6 Å². The van der Waals surface area contributed by atoms with Gasteiger partial charge in [0.1, 0.15) is 24.2 Å². The van der Waals surface area contributed by atoms with Crippen LogP contribution in [0, 0.1) is 16.7 Å². The van der Waals surface area contributed by atoms with Gasteiger partial charge in [-0.3, -0.25) is 14.4 Å². The third-order valence-corrected chi connectivity index (χ3v) is 11.4. The number of carbonyl (C=O) groups is 4. The SMILES string of the molecule is CCOC(=O)[C@H](Cc1ccc2c(c1)NC(=O)[C@@H](CCCNC(=O)OCc1ccccc1)O2)NS(=O)(=O)C[C@@]12CCC(CC1=O)C2(C)C. The Balaban J connectivity index is 1.16. The van der Waals surface area contributed by atoms with Crippen molar-refractivity contribution in [3.05, 3.63) is 59.7 Å². The Morgan fingerprint density at radius 2 is 1.85 bits per heavy atom. The van der Waals surface area contributed by atoms with Crippen LogP contribution >= 0.6 is 0 Å². The molecule has 12 nitrogen and oxygen atoms in total. The van der Waals surface area contributed by atoms with E-state index in [9.17, 15) is 27.6 Å². The molecule has 2 bridgehead atoms. The summed E-state index contributed by atoms with van der Waals surface area (Å²) >= 11 is 0. The van der Waals surface area contributed by atoms with Gasteiger partial charge in [0.05, 0.1) is 18.0 Å². The topological polar surface area (TPSA) is 166 Å². The number of nitrogens with one attached hydrogen (secondary N) is 3. The fraction of sp³-hybridized carbons (Fsp3) is 0.529. The van der Waals surface area contributed by atoms with Crippen LogP contribution in [0.2, 0.25) is 0 Å². The minimum atomic E-state index is -4.06. The van der Waals surface area contributed by atoms with E-state index in [4.69, 9.17) is 14.2 Å². The highest BCUT2D eigenvalue weighted by atomic mass is 32.2. The quantitative estimate of drug-likeness (QED) is 0.200. The molecule has 2 amide bonds. The number of carbonyl (C=O) groups excluding carboxylic acids is 4. The molecule has 254 valence electrons. The highest BCUT2D eigenvalue weighted by Gasteiger charge is 2.65. The molecule has 2 aromatic carbocycles. The Morgan fingerprint density at radius 3 is 2.53 bits per heavy atom. The third-order valence-electron chi connectivity index (χ3n) is 9.90. The number of alkyl carbamates (subject to hydrolysis) is 1. The van der Waals surface area contributed by atoms with Crippen LogP contribution in [0.15, 0.2) is 48.5 Å². The zero-order valence-corrected chi connectivity index (χ0v) is 27.8. The maximum Gasteiger partial charge on any atom is 0.407 e. The van der Waals surface area contributed by atoms with Crippen molar-refractivity contribution in [1.82, 2.24) is 10.0 Å². The molecule has 0 aromatic heterocycles. The lowest BCUT2D eigenvalue weighted by Gasteiger charge is -2.36. The van der Waals surface area contributed by atoms with Crippen molar-refractivity contribution in [2.75, 3.05) is 24.2 Å². The minimum absolute atomic E-state index is 0.0295. The summed E-state index contributed by atoms with van der Waals surface area (Å²) in [5.74, 6) is -0.911. The monoisotopic (exact) mass is 669 g/mol. The molecule has 0 saturated heterocycles. The molecule has 2 aliphatic carbocycles. The molecule has 3 aliphatic rings. The molecule has 4 atom stereocenters. The third kappa shape index (κ3) is 7.62. The van der Waals surface area contributed by atoms with Crippen LogP contribution in [0.5, 0.6) is 5.75 Å². The lowest BCUT2D eigenvalue weighted by Crippen LogP contribution is -2.50. The molecular formula is C34H43N3O9S. The zero-order valence-electron chi connectivity index (χ0n) is 27.0. The van der Waals surface area contributed by atoms with Crippen LogP contribution < -0.4 is 20.1 Å². The standard InChI is InChI=1S/C34H43N3O9S/c1-4-44-31(40)26(37-47(42,43)21-34-15-14-24(19-29(34)38)33(34,2)3)18-23-12-13-27-25(17-23)36-30(39)28(46-27)11-8-16-35-32(41)45-20-22-9-6-5-7-10-22/h5-7,9-10,12-13,17,24,26,28,37H,4,8,11,14-16,18-21H2,1-3H3,(H,35,41)(H,36,39)/t24?,26-,28+,34-/m0/s1. The second-order valence-electron chi connectivity index (χ2n) is 13.1. The minimum Gasteiger partial charge on any atom is -0.478 e. The molecule has 1 unspecified atom stereocenters. The number of amides is 2. The number of hydrogen-bond donors (Lipinski definition) is 3. The van der Waals surface area contributed by atoms with E-state index in [1.807, 2.05) is 44.2 Å². The molecule has 3 N–H and O–H groups in total. The first kappa shape index (κ1) is 34.4. The Bertz CT molecular complexity index is 1610. The fourth-order valence-electron chi connectivity index (χ4n) is 7.11. The van der Waals surface area contributed by atoms with Gasteiger partial charge in [-0.2, -0.15) is 0 Å². The van der Waals surface area contributed by atoms with E-state index in [1.165, 1.54) is 0 Å². The predicted molar refractivity (Wildman–Crippen MR) is 173 cm³/mol. The zero-order chi connectivity index (χ0) is 33.8. The number of benzene rings is 2. The van der Waals surface area contributed by atoms with Gasteiger partial charge in [-0.15, -0.1) is 0 Å². The molecule has 5 rings (SSSR count). The first-order chi connectivity index (χ1) is 22.3. The van der Waals surface area contributed by atoms with E-state index in [1.54, 1.807) is 25.1 Å². The Hall–Kier alpha value is -3.97. The van der Waals surface area contributed by atoms with Crippen molar-refractivity contribution < 1.29 is 41.8 Å². The van der Waals surface area contributed by atoms with Crippen LogP contribution in [0.1, 0.15) is 64.0 Å². The van der Waals surface area contributed by atoms with E-state index in [2.05, 4.69) is 15.4 Å². The molecule has 13 heteroatoms. The molecule has 1 heterocycles. The van der Waals surface area contributed by atoms with Crippen molar-refractivity contribution in [2.24, 2.45) is 16.7 Å². The second kappa shape index (κ2) is 14.0. The molecule has 2 aromatic rings. The summed E-state index contributed by atoms with van der Waals surface area (Å²) in [6.45, 7) is 6.08. The maximum atomic E-state index is 13.5. The molecule has 1 aliphatic heterocycles. The summed E-state index contributed by atoms with van der Waals surface area (Å²) in [7, 11) is -4.06. The molecule has 0 radical (unpaired) electrons. The molecule has 2 saturated carbocycles. The summed E-state index contributed by atoms with van der Waals surface area (Å²) in [6.07, 6.45) is 1.16. The van der Waals surface area contributed by atoms with Crippen LogP contribution in [0.4, 0.5) is 10.5 Å². The van der Waals surface area contributed by atoms with Crippen LogP contribution in [-0.2, 0) is 46.9 Å². The average Bonchev–Trinajstić information content (AvgIpc) is 3.36. The van der Waals surface area contributed by atoms with Crippen LogP contribution in [0.25, 0.3) is 0 Å². The summed E-state index contributed by atoms with van der Waals surface area (Å²) in [5.41, 5.74) is 0.418. The first-order valence-corrected chi connectivity index (χ1v) is 17.7. The van der Waals surface area contributed by atoms with Gasteiger partial charge in [0, 0.05) is 18.4 Å². The summed E-state index contributed by atoms with van der Waals surface area (Å²) < 4.78 is 45.8. The molecule has 47 heavy (non-hydrogen) atoms. The molecule has 2 fully saturated rings. The Morgan fingerprint density at radius 1 is 1.09 bits per heavy atom. The van der Waals surface area contributed by atoms with Gasteiger partial charge in [-0.1, -0.05) is 50.2 Å². The number of fused-ring (bicyclic) bond motifs is 3. The van der Waals surface area contributed by atoms with Gasteiger partial charge in [-0.25, -0.2) is 17.9 Å². The summed E-state index contributed by atoms with van der Waals surface area (Å²) in [4.78, 5) is 50.7. The largest absolute Gasteiger partial charge is 0.478 e. The van der Waals surface area contributed by atoms with Crippen molar-refractivity contribution in [1.29, 1.82) is 0 Å². The van der Waals surface area contributed by atoms with Crippen molar-refractivity contribution >= 4 is 39.5 Å². The molecular weight excluding hydrogens is 626 g/mol. The van der Waals surface area contributed by atoms with Gasteiger partial charge in [0.2, 0.25) is 10.0 Å². The highest BCUT2D eigenvalue weighted by Crippen LogP contribution is 2.64. The molecule has 0 spiro atoms. The average molecular weight is 670 g/mol. The van der Waals surface area contributed by atoms with Crippen LogP contribution in [-0.4, -0.2) is 63.2 Å². The van der Waals surface area contributed by atoms with E-state index in [0.29, 0.717) is 49.2 Å². The number of sulfonamides is 1. The Kier molecular flexibility index (Phi) is 10.3. The van der Waals surface area contributed by atoms with E-state index in [0.717, 1.165) is 12.0 Å². The van der Waals surface area contributed by atoms with Gasteiger partial charge < -0.3 is 24.8 Å². The van der Waals surface area contributed by atoms with Gasteiger partial charge >= 0.3 is 12.1 Å². The number of esters is 1. The van der Waals surface area contributed by atoms with Gasteiger partial charge in [0.25, 0.3) is 5.91 Å². The summed E-state index contributed by atoms with van der Waals surface area (Å²) in [6, 6.07) is 13.1. The summed E-state index contributed by atoms with van der Waals surface area (Å²) in [5, 5.41) is 5.49.